The highest BCUT2D eigenvalue weighted by Crippen LogP contribution is 2.25. The van der Waals surface area contributed by atoms with Crippen molar-refractivity contribution in [2.75, 3.05) is 37.8 Å². The molecule has 6 heteroatoms. The van der Waals surface area contributed by atoms with Gasteiger partial charge in [-0.3, -0.25) is 4.90 Å². The molecule has 0 atom stereocenters. The van der Waals surface area contributed by atoms with Gasteiger partial charge in [-0.1, -0.05) is 12.1 Å². The zero-order valence-electron chi connectivity index (χ0n) is 13.9. The zero-order chi connectivity index (χ0) is 16.8. The summed E-state index contributed by atoms with van der Waals surface area (Å²) in [4.78, 5) is 17.9. The number of para-hydroxylation sites is 1. The number of amides is 2. The van der Waals surface area contributed by atoms with Crippen LogP contribution < -0.4 is 5.32 Å². The SMILES string of the molecule is CSc1ccccc1NC(=O)N1CCCN(Cc2ccco2)CC1. The number of thioether (sulfide) groups is 1. The summed E-state index contributed by atoms with van der Waals surface area (Å²) in [7, 11) is 0. The summed E-state index contributed by atoms with van der Waals surface area (Å²) in [5, 5.41) is 3.05. The van der Waals surface area contributed by atoms with E-state index in [-0.39, 0.29) is 6.03 Å². The Morgan fingerprint density at radius 1 is 1.17 bits per heavy atom. The molecule has 2 amide bonds. The van der Waals surface area contributed by atoms with Crippen molar-refractivity contribution >= 4 is 23.5 Å². The Kier molecular flexibility index (Phi) is 5.82. The fourth-order valence-corrected chi connectivity index (χ4v) is 3.45. The van der Waals surface area contributed by atoms with Crippen molar-refractivity contribution in [2.24, 2.45) is 0 Å². The van der Waals surface area contributed by atoms with Crippen LogP contribution in [0.4, 0.5) is 10.5 Å². The third-order valence-corrected chi connectivity index (χ3v) is 4.98. The molecule has 2 aromatic rings. The molecule has 128 valence electrons. The first-order chi connectivity index (χ1) is 11.8. The van der Waals surface area contributed by atoms with Gasteiger partial charge in [0.1, 0.15) is 5.76 Å². The topological polar surface area (TPSA) is 48.7 Å². The summed E-state index contributed by atoms with van der Waals surface area (Å²) in [5.41, 5.74) is 0.881. The third kappa shape index (κ3) is 4.33. The summed E-state index contributed by atoms with van der Waals surface area (Å²) in [6.45, 7) is 4.15. The van der Waals surface area contributed by atoms with Crippen molar-refractivity contribution in [3.05, 3.63) is 48.4 Å². The number of furan rings is 1. The molecule has 24 heavy (non-hydrogen) atoms. The second-order valence-corrected chi connectivity index (χ2v) is 6.67. The molecule has 1 N–H and O–H groups in total. The summed E-state index contributed by atoms with van der Waals surface area (Å²) in [6.07, 6.45) is 4.69. The van der Waals surface area contributed by atoms with Crippen LogP contribution in [0.1, 0.15) is 12.2 Å². The lowest BCUT2D eigenvalue weighted by Gasteiger charge is -2.22. The maximum atomic E-state index is 12.6. The van der Waals surface area contributed by atoms with Gasteiger partial charge in [0.25, 0.3) is 0 Å². The van der Waals surface area contributed by atoms with Crippen molar-refractivity contribution < 1.29 is 9.21 Å². The Labute approximate surface area is 147 Å². The number of benzene rings is 1. The maximum absolute atomic E-state index is 12.6. The van der Waals surface area contributed by atoms with Crippen molar-refractivity contribution in [2.45, 2.75) is 17.9 Å². The van der Waals surface area contributed by atoms with E-state index >= 15 is 0 Å². The van der Waals surface area contributed by atoms with Gasteiger partial charge in [0.15, 0.2) is 0 Å². The molecule has 1 aliphatic heterocycles. The van der Waals surface area contributed by atoms with Crippen molar-refractivity contribution in [3.63, 3.8) is 0 Å². The minimum atomic E-state index is -0.0173. The van der Waals surface area contributed by atoms with Gasteiger partial charge in [-0.05, 0) is 36.9 Å². The minimum absolute atomic E-state index is 0.0173. The first-order valence-corrected chi connectivity index (χ1v) is 9.42. The average molecular weight is 345 g/mol. The standard InChI is InChI=1S/C18H23N3O2S/c1-24-17-8-3-2-7-16(17)19-18(22)21-10-5-9-20(11-12-21)14-15-6-4-13-23-15/h2-4,6-8,13H,5,9-12,14H2,1H3,(H,19,22). The van der Waals surface area contributed by atoms with E-state index in [4.69, 9.17) is 4.42 Å². The van der Waals surface area contributed by atoms with E-state index in [0.717, 1.165) is 55.5 Å². The van der Waals surface area contributed by atoms with Crippen molar-refractivity contribution in [3.8, 4) is 0 Å². The summed E-state index contributed by atoms with van der Waals surface area (Å²) < 4.78 is 5.42. The molecule has 2 heterocycles. The molecule has 0 aliphatic carbocycles. The first-order valence-electron chi connectivity index (χ1n) is 8.20. The van der Waals surface area contributed by atoms with E-state index < -0.39 is 0 Å². The number of hydrogen-bond donors (Lipinski definition) is 1. The number of carbonyl (C=O) groups is 1. The van der Waals surface area contributed by atoms with E-state index in [2.05, 4.69) is 10.2 Å². The lowest BCUT2D eigenvalue weighted by atomic mass is 10.3. The summed E-state index contributed by atoms with van der Waals surface area (Å²) in [5.74, 6) is 0.974. The van der Waals surface area contributed by atoms with Crippen molar-refractivity contribution in [1.29, 1.82) is 0 Å². The predicted molar refractivity (Wildman–Crippen MR) is 97.4 cm³/mol. The molecule has 0 saturated carbocycles. The molecule has 3 rings (SSSR count). The maximum Gasteiger partial charge on any atom is 0.321 e. The highest BCUT2D eigenvalue weighted by Gasteiger charge is 2.20. The highest BCUT2D eigenvalue weighted by atomic mass is 32.2. The lowest BCUT2D eigenvalue weighted by molar-refractivity contribution is 0.209. The molecule has 1 aliphatic rings. The van der Waals surface area contributed by atoms with Gasteiger partial charge in [0.2, 0.25) is 0 Å². The Balaban J connectivity index is 1.56. The summed E-state index contributed by atoms with van der Waals surface area (Å²) in [6, 6.07) is 11.8. The van der Waals surface area contributed by atoms with Crippen LogP contribution in [0.3, 0.4) is 0 Å². The van der Waals surface area contributed by atoms with E-state index in [9.17, 15) is 4.79 Å². The largest absolute Gasteiger partial charge is 0.468 e. The van der Waals surface area contributed by atoms with E-state index in [1.807, 2.05) is 47.6 Å². The number of hydrogen-bond acceptors (Lipinski definition) is 4. The van der Waals surface area contributed by atoms with Gasteiger partial charge in [-0.15, -0.1) is 11.8 Å². The molecular weight excluding hydrogens is 322 g/mol. The molecule has 0 radical (unpaired) electrons. The molecule has 1 saturated heterocycles. The number of carbonyl (C=O) groups excluding carboxylic acids is 1. The molecule has 1 fully saturated rings. The molecule has 1 aromatic heterocycles. The minimum Gasteiger partial charge on any atom is -0.468 e. The van der Waals surface area contributed by atoms with Crippen LogP contribution in [-0.2, 0) is 6.54 Å². The fourth-order valence-electron chi connectivity index (χ4n) is 2.90. The van der Waals surface area contributed by atoms with Gasteiger partial charge < -0.3 is 14.6 Å². The zero-order valence-corrected chi connectivity index (χ0v) is 14.7. The highest BCUT2D eigenvalue weighted by molar-refractivity contribution is 7.98. The normalized spacial score (nSPS) is 16.0. The Bertz CT molecular complexity index is 660. The molecule has 5 nitrogen and oxygen atoms in total. The number of nitrogens with zero attached hydrogens (tertiary/aromatic N) is 2. The molecule has 1 aromatic carbocycles. The predicted octanol–water partition coefficient (Wildman–Crippen LogP) is 3.74. The molecular formula is C18H23N3O2S. The second kappa shape index (κ2) is 8.26. The molecule has 0 spiro atoms. The van der Waals surface area contributed by atoms with Gasteiger partial charge in [0, 0.05) is 31.1 Å². The van der Waals surface area contributed by atoms with Crippen molar-refractivity contribution in [1.82, 2.24) is 9.80 Å². The lowest BCUT2D eigenvalue weighted by Crippen LogP contribution is -2.38. The third-order valence-electron chi connectivity index (χ3n) is 4.18. The fraction of sp³-hybridized carbons (Fsp3) is 0.389. The Morgan fingerprint density at radius 2 is 2.04 bits per heavy atom. The van der Waals surface area contributed by atoms with Gasteiger partial charge in [0.05, 0.1) is 18.5 Å². The van der Waals surface area contributed by atoms with Gasteiger partial charge >= 0.3 is 6.03 Å². The van der Waals surface area contributed by atoms with Gasteiger partial charge in [-0.25, -0.2) is 4.79 Å². The van der Waals surface area contributed by atoms with Crippen LogP contribution in [0.5, 0.6) is 0 Å². The van der Waals surface area contributed by atoms with Crippen LogP contribution in [-0.4, -0.2) is 48.3 Å². The Morgan fingerprint density at radius 3 is 2.83 bits per heavy atom. The van der Waals surface area contributed by atoms with E-state index in [1.54, 1.807) is 18.0 Å². The first kappa shape index (κ1) is 16.9. The second-order valence-electron chi connectivity index (χ2n) is 5.83. The van der Waals surface area contributed by atoms with Crippen LogP contribution in [0.25, 0.3) is 0 Å². The average Bonchev–Trinajstić information content (AvgIpc) is 2.99. The van der Waals surface area contributed by atoms with Crippen LogP contribution in [0, 0.1) is 0 Å². The number of rotatable bonds is 4. The number of nitrogens with one attached hydrogen (secondary N) is 1. The van der Waals surface area contributed by atoms with Gasteiger partial charge in [-0.2, -0.15) is 0 Å². The molecule has 0 unspecified atom stereocenters. The number of anilines is 1. The summed E-state index contributed by atoms with van der Waals surface area (Å²) >= 11 is 1.64. The van der Waals surface area contributed by atoms with Crippen LogP contribution in [0.15, 0.2) is 52.0 Å². The quantitative estimate of drug-likeness (QED) is 0.858. The monoisotopic (exact) mass is 345 g/mol. The smallest absolute Gasteiger partial charge is 0.321 e. The van der Waals surface area contributed by atoms with Crippen LogP contribution in [0.2, 0.25) is 0 Å². The number of urea groups is 1. The van der Waals surface area contributed by atoms with Crippen LogP contribution >= 0.6 is 11.8 Å². The Hall–Kier alpha value is -1.92. The van der Waals surface area contributed by atoms with E-state index in [0.29, 0.717) is 0 Å². The molecule has 0 bridgehead atoms. The van der Waals surface area contributed by atoms with E-state index in [1.165, 1.54) is 0 Å².